The second-order valence-corrected chi connectivity index (χ2v) is 7.27. The first kappa shape index (κ1) is 17.0. The van der Waals surface area contributed by atoms with Gasteiger partial charge in [-0.15, -0.1) is 0 Å². The molecule has 20 heavy (non-hydrogen) atoms. The summed E-state index contributed by atoms with van der Waals surface area (Å²) in [6.07, 6.45) is 1.52. The average molecular weight is 299 g/mol. The number of hydrogen-bond donors (Lipinski definition) is 1. The van der Waals surface area contributed by atoms with E-state index in [0.717, 1.165) is 12.8 Å². The van der Waals surface area contributed by atoms with Gasteiger partial charge in [0.1, 0.15) is 10.6 Å². The summed E-state index contributed by atoms with van der Waals surface area (Å²) in [4.78, 5) is -0.00690. The highest BCUT2D eigenvalue weighted by Gasteiger charge is 2.31. The smallest absolute Gasteiger partial charge is 0.247 e. The Morgan fingerprint density at radius 3 is 2.15 bits per heavy atom. The normalized spacial score (nSPS) is 12.6. The number of benzene rings is 1. The van der Waals surface area contributed by atoms with Crippen molar-refractivity contribution < 1.29 is 13.5 Å². The fourth-order valence-electron chi connectivity index (χ4n) is 2.30. The van der Waals surface area contributed by atoms with E-state index in [-0.39, 0.29) is 22.6 Å². The van der Waals surface area contributed by atoms with E-state index in [2.05, 4.69) is 0 Å². The van der Waals surface area contributed by atoms with E-state index < -0.39 is 10.0 Å². The zero-order chi connectivity index (χ0) is 15.3. The van der Waals surface area contributed by atoms with Gasteiger partial charge >= 0.3 is 0 Å². The van der Waals surface area contributed by atoms with Crippen LogP contribution in [0.5, 0.6) is 5.75 Å². The van der Waals surface area contributed by atoms with Crippen molar-refractivity contribution in [1.82, 2.24) is 4.31 Å². The highest BCUT2D eigenvalue weighted by Crippen LogP contribution is 2.28. The molecule has 1 rings (SSSR count). The van der Waals surface area contributed by atoms with Crippen LogP contribution in [0.25, 0.3) is 0 Å². The fraction of sp³-hybridized carbons (Fsp3) is 0.600. The van der Waals surface area contributed by atoms with Crippen molar-refractivity contribution in [2.24, 2.45) is 5.92 Å². The molecule has 0 aliphatic heterocycles. The molecule has 0 atom stereocenters. The number of nitrogens with zero attached hydrogens (tertiary/aromatic N) is 1. The largest absolute Gasteiger partial charge is 0.507 e. The van der Waals surface area contributed by atoms with Gasteiger partial charge in [-0.3, -0.25) is 0 Å². The van der Waals surface area contributed by atoms with Gasteiger partial charge < -0.3 is 5.11 Å². The molecule has 1 aromatic carbocycles. The summed E-state index contributed by atoms with van der Waals surface area (Å²) in [5.41, 5.74) is 0. The van der Waals surface area contributed by atoms with E-state index in [4.69, 9.17) is 0 Å². The first-order chi connectivity index (χ1) is 9.34. The van der Waals surface area contributed by atoms with Crippen molar-refractivity contribution in [2.45, 2.75) is 51.5 Å². The number of rotatable bonds is 7. The Labute approximate surface area is 122 Å². The summed E-state index contributed by atoms with van der Waals surface area (Å²) in [6.45, 7) is 8.43. The molecule has 0 aliphatic rings. The Hall–Kier alpha value is -1.07. The lowest BCUT2D eigenvalue weighted by atomic mass is 10.1. The number of phenolic OH excluding ortho intramolecular Hbond substituents is 1. The van der Waals surface area contributed by atoms with Crippen LogP contribution in [-0.2, 0) is 10.0 Å². The van der Waals surface area contributed by atoms with Gasteiger partial charge in [0.25, 0.3) is 0 Å². The van der Waals surface area contributed by atoms with Crippen LogP contribution in [0, 0.1) is 5.92 Å². The van der Waals surface area contributed by atoms with Gasteiger partial charge in [0.2, 0.25) is 10.0 Å². The molecule has 0 aromatic heterocycles. The second-order valence-electron chi connectivity index (χ2n) is 5.41. The van der Waals surface area contributed by atoms with Crippen molar-refractivity contribution >= 4 is 10.0 Å². The first-order valence-electron chi connectivity index (χ1n) is 7.14. The third kappa shape index (κ3) is 3.73. The summed E-state index contributed by atoms with van der Waals surface area (Å²) >= 11 is 0. The minimum Gasteiger partial charge on any atom is -0.507 e. The standard InChI is InChI=1S/C15H25NO3S/c1-5-13(6-2)16(11-12(3)4)20(18,19)15-10-8-7-9-14(15)17/h7-10,12-13,17H,5-6,11H2,1-4H3. The molecule has 0 aliphatic carbocycles. The van der Waals surface area contributed by atoms with Gasteiger partial charge in [0.05, 0.1) is 0 Å². The summed E-state index contributed by atoms with van der Waals surface area (Å²) < 4.78 is 27.2. The van der Waals surface area contributed by atoms with Crippen LogP contribution in [0.2, 0.25) is 0 Å². The van der Waals surface area contributed by atoms with Crippen LogP contribution in [-0.4, -0.2) is 30.4 Å². The Kier molecular flexibility index (Phi) is 6.02. The molecule has 0 heterocycles. The molecule has 5 heteroatoms. The van der Waals surface area contributed by atoms with E-state index in [1.807, 2.05) is 27.7 Å². The number of para-hydroxylation sites is 1. The SMILES string of the molecule is CCC(CC)N(CC(C)C)S(=O)(=O)c1ccccc1O. The Morgan fingerprint density at radius 1 is 1.15 bits per heavy atom. The molecule has 114 valence electrons. The lowest BCUT2D eigenvalue weighted by Crippen LogP contribution is -2.41. The highest BCUT2D eigenvalue weighted by atomic mass is 32.2. The fourth-order valence-corrected chi connectivity index (χ4v) is 4.32. The van der Waals surface area contributed by atoms with E-state index in [1.165, 1.54) is 16.4 Å². The van der Waals surface area contributed by atoms with E-state index in [0.29, 0.717) is 6.54 Å². The lowest BCUT2D eigenvalue weighted by Gasteiger charge is -2.31. The molecule has 0 fully saturated rings. The third-order valence-corrected chi connectivity index (χ3v) is 5.31. The molecule has 0 unspecified atom stereocenters. The first-order valence-corrected chi connectivity index (χ1v) is 8.58. The summed E-state index contributed by atoms with van der Waals surface area (Å²) in [5, 5.41) is 9.85. The maximum Gasteiger partial charge on any atom is 0.247 e. The lowest BCUT2D eigenvalue weighted by molar-refractivity contribution is 0.276. The number of aromatic hydroxyl groups is 1. The molecule has 4 nitrogen and oxygen atoms in total. The van der Waals surface area contributed by atoms with Crippen molar-refractivity contribution in [3.8, 4) is 5.75 Å². The van der Waals surface area contributed by atoms with Crippen LogP contribution >= 0.6 is 0 Å². The van der Waals surface area contributed by atoms with Crippen molar-refractivity contribution in [3.63, 3.8) is 0 Å². The Morgan fingerprint density at radius 2 is 1.70 bits per heavy atom. The Balaban J connectivity index is 3.27. The summed E-state index contributed by atoms with van der Waals surface area (Å²) in [5.74, 6) is 0.0449. The molecule has 0 spiro atoms. The van der Waals surface area contributed by atoms with Crippen LogP contribution in [0.4, 0.5) is 0 Å². The van der Waals surface area contributed by atoms with Crippen LogP contribution in [0.15, 0.2) is 29.2 Å². The van der Waals surface area contributed by atoms with E-state index in [1.54, 1.807) is 12.1 Å². The van der Waals surface area contributed by atoms with Crippen LogP contribution in [0.1, 0.15) is 40.5 Å². The number of sulfonamides is 1. The molecule has 0 bridgehead atoms. The van der Waals surface area contributed by atoms with Gasteiger partial charge in [0.15, 0.2) is 0 Å². The zero-order valence-corrected chi connectivity index (χ0v) is 13.5. The van der Waals surface area contributed by atoms with E-state index >= 15 is 0 Å². The van der Waals surface area contributed by atoms with Gasteiger partial charge in [-0.05, 0) is 30.9 Å². The van der Waals surface area contributed by atoms with Crippen molar-refractivity contribution in [1.29, 1.82) is 0 Å². The number of phenols is 1. The van der Waals surface area contributed by atoms with Crippen LogP contribution in [0.3, 0.4) is 0 Å². The third-order valence-electron chi connectivity index (χ3n) is 3.35. The zero-order valence-electron chi connectivity index (χ0n) is 12.7. The van der Waals surface area contributed by atoms with Gasteiger partial charge in [-0.2, -0.15) is 4.31 Å². The Bertz CT molecular complexity index is 522. The topological polar surface area (TPSA) is 57.6 Å². The van der Waals surface area contributed by atoms with Crippen LogP contribution < -0.4 is 0 Å². The summed E-state index contributed by atoms with van der Waals surface area (Å²) in [6, 6.07) is 6.08. The van der Waals surface area contributed by atoms with Crippen molar-refractivity contribution in [2.75, 3.05) is 6.54 Å². The molecule has 0 saturated heterocycles. The molecule has 1 N–H and O–H groups in total. The maximum absolute atomic E-state index is 12.8. The highest BCUT2D eigenvalue weighted by molar-refractivity contribution is 7.89. The number of hydrogen-bond acceptors (Lipinski definition) is 3. The predicted octanol–water partition coefficient (Wildman–Crippen LogP) is 3.23. The molecular formula is C15H25NO3S. The van der Waals surface area contributed by atoms with Gasteiger partial charge in [-0.25, -0.2) is 8.42 Å². The molecule has 0 amide bonds. The second kappa shape index (κ2) is 7.09. The molecule has 0 radical (unpaired) electrons. The minimum atomic E-state index is -3.67. The monoisotopic (exact) mass is 299 g/mol. The van der Waals surface area contributed by atoms with Gasteiger partial charge in [-0.1, -0.05) is 39.8 Å². The maximum atomic E-state index is 12.8. The minimum absolute atomic E-state index is 0.00690. The molecular weight excluding hydrogens is 274 g/mol. The quantitative estimate of drug-likeness (QED) is 0.841. The summed E-state index contributed by atoms with van der Waals surface area (Å²) in [7, 11) is -3.67. The average Bonchev–Trinajstić information content (AvgIpc) is 2.38. The molecule has 0 saturated carbocycles. The van der Waals surface area contributed by atoms with Gasteiger partial charge in [0, 0.05) is 12.6 Å². The van der Waals surface area contributed by atoms with Crippen molar-refractivity contribution in [3.05, 3.63) is 24.3 Å². The molecule has 1 aromatic rings. The predicted molar refractivity (Wildman–Crippen MR) is 81.2 cm³/mol. The van der Waals surface area contributed by atoms with E-state index in [9.17, 15) is 13.5 Å².